The topological polar surface area (TPSA) is 82.6 Å². The van der Waals surface area contributed by atoms with Gasteiger partial charge in [-0.1, -0.05) is 50.2 Å². The molecule has 1 aromatic heterocycles. The fraction of sp³-hybridized carbons (Fsp3) is 0.200. The largest absolute Gasteiger partial charge is 0.507 e. The number of nitrogens with one attached hydrogen (secondary N) is 1. The number of anilines is 1. The van der Waals surface area contributed by atoms with E-state index in [1.807, 2.05) is 61.7 Å². The number of H-pyrrole nitrogens is 1. The lowest BCUT2D eigenvalue weighted by Gasteiger charge is -2.26. The maximum absolute atomic E-state index is 13.5. The highest BCUT2D eigenvalue weighted by atomic mass is 16.5. The number of nitrogens with zero attached hydrogens (tertiary/aromatic N) is 1. The molecule has 5 rings (SSSR count). The Labute approximate surface area is 209 Å². The molecule has 6 heteroatoms. The number of aromatic nitrogens is 1. The van der Waals surface area contributed by atoms with Crippen molar-refractivity contribution in [1.29, 1.82) is 0 Å². The number of ether oxygens (including phenoxy) is 1. The molecule has 6 nitrogen and oxygen atoms in total. The van der Waals surface area contributed by atoms with Gasteiger partial charge in [0.05, 0.1) is 18.2 Å². The number of aryl methyl sites for hydroxylation is 1. The summed E-state index contributed by atoms with van der Waals surface area (Å²) < 4.78 is 5.75. The molecule has 182 valence electrons. The highest BCUT2D eigenvalue weighted by Crippen LogP contribution is 2.45. The Morgan fingerprint density at radius 1 is 1.00 bits per heavy atom. The number of aliphatic hydroxyl groups is 1. The minimum atomic E-state index is -0.792. The molecular formula is C30H28N2O4. The number of hydrogen-bond acceptors (Lipinski definition) is 4. The van der Waals surface area contributed by atoms with Gasteiger partial charge < -0.3 is 14.8 Å². The van der Waals surface area contributed by atoms with E-state index in [2.05, 4.69) is 18.8 Å². The first-order valence-electron chi connectivity index (χ1n) is 12.0. The number of rotatable bonds is 6. The number of amides is 1. The van der Waals surface area contributed by atoms with Crippen molar-refractivity contribution in [1.82, 2.24) is 4.98 Å². The van der Waals surface area contributed by atoms with Crippen LogP contribution in [0.5, 0.6) is 5.75 Å². The van der Waals surface area contributed by atoms with Crippen molar-refractivity contribution in [2.45, 2.75) is 26.8 Å². The average molecular weight is 481 g/mol. The molecule has 0 bridgehead atoms. The van der Waals surface area contributed by atoms with E-state index in [0.717, 1.165) is 22.0 Å². The summed E-state index contributed by atoms with van der Waals surface area (Å²) in [5.41, 5.74) is 3.62. The smallest absolute Gasteiger partial charge is 0.300 e. The summed E-state index contributed by atoms with van der Waals surface area (Å²) in [5.74, 6) is -0.542. The van der Waals surface area contributed by atoms with Crippen LogP contribution < -0.4 is 9.64 Å². The number of ketones is 1. The molecule has 4 aromatic rings. The second-order valence-electron chi connectivity index (χ2n) is 9.47. The average Bonchev–Trinajstić information content (AvgIpc) is 3.41. The van der Waals surface area contributed by atoms with Gasteiger partial charge in [0.1, 0.15) is 11.5 Å². The van der Waals surface area contributed by atoms with E-state index in [-0.39, 0.29) is 11.3 Å². The zero-order chi connectivity index (χ0) is 25.4. The molecule has 2 heterocycles. The van der Waals surface area contributed by atoms with Crippen LogP contribution in [0.3, 0.4) is 0 Å². The Kier molecular flexibility index (Phi) is 6.10. The number of Topliss-reactive ketones (excluding diaryl/α,β-unsaturated/α-hetero) is 1. The van der Waals surface area contributed by atoms with Crippen LogP contribution in [-0.2, 0) is 9.59 Å². The SMILES string of the molecule is Cc1ccccc1N1C(=O)C(=O)/C(=C(/O)c2ccc(OCC(C)C)cc2)C1c1c[nH]c2ccccc12. The monoisotopic (exact) mass is 480 g/mol. The fourth-order valence-corrected chi connectivity index (χ4v) is 4.66. The van der Waals surface area contributed by atoms with Crippen molar-refractivity contribution < 1.29 is 19.4 Å². The number of hydrogen-bond donors (Lipinski definition) is 2. The Morgan fingerprint density at radius 2 is 1.69 bits per heavy atom. The third-order valence-electron chi connectivity index (χ3n) is 6.45. The van der Waals surface area contributed by atoms with Crippen LogP contribution in [0.15, 0.2) is 84.6 Å². The highest BCUT2D eigenvalue weighted by Gasteiger charge is 2.48. The Hall–Kier alpha value is -4.32. The molecule has 1 atom stereocenters. The van der Waals surface area contributed by atoms with E-state index >= 15 is 0 Å². The second-order valence-corrected chi connectivity index (χ2v) is 9.47. The van der Waals surface area contributed by atoms with Gasteiger partial charge in [-0.3, -0.25) is 14.5 Å². The van der Waals surface area contributed by atoms with E-state index in [1.165, 1.54) is 4.90 Å². The van der Waals surface area contributed by atoms with Crippen molar-refractivity contribution in [3.8, 4) is 5.75 Å². The van der Waals surface area contributed by atoms with Gasteiger partial charge in [0.15, 0.2) is 0 Å². The molecule has 0 saturated carbocycles. The Bertz CT molecular complexity index is 1480. The number of benzene rings is 3. The van der Waals surface area contributed by atoms with Gasteiger partial charge in [-0.25, -0.2) is 0 Å². The minimum Gasteiger partial charge on any atom is -0.507 e. The van der Waals surface area contributed by atoms with Gasteiger partial charge in [-0.05, 0) is 54.8 Å². The first-order valence-corrected chi connectivity index (χ1v) is 12.0. The molecule has 0 aliphatic carbocycles. The molecule has 1 amide bonds. The van der Waals surface area contributed by atoms with Crippen LogP contribution in [0.1, 0.15) is 36.6 Å². The normalized spacial score (nSPS) is 17.3. The molecule has 0 radical (unpaired) electrons. The third kappa shape index (κ3) is 4.05. The van der Waals surface area contributed by atoms with E-state index in [1.54, 1.807) is 24.3 Å². The molecular weight excluding hydrogens is 452 g/mol. The molecule has 1 fully saturated rings. The highest BCUT2D eigenvalue weighted by molar-refractivity contribution is 6.52. The number of carbonyl (C=O) groups excluding carboxylic acids is 2. The minimum absolute atomic E-state index is 0.0591. The van der Waals surface area contributed by atoms with Crippen molar-refractivity contribution in [3.05, 3.63) is 101 Å². The van der Waals surface area contributed by atoms with Crippen LogP contribution in [0.2, 0.25) is 0 Å². The van der Waals surface area contributed by atoms with Gasteiger partial charge >= 0.3 is 0 Å². The summed E-state index contributed by atoms with van der Waals surface area (Å²) in [6.07, 6.45) is 1.81. The maximum atomic E-state index is 13.5. The lowest BCUT2D eigenvalue weighted by Crippen LogP contribution is -2.30. The second kappa shape index (κ2) is 9.38. The van der Waals surface area contributed by atoms with Crippen LogP contribution in [0.4, 0.5) is 5.69 Å². The fourth-order valence-electron chi connectivity index (χ4n) is 4.66. The summed E-state index contributed by atoms with van der Waals surface area (Å²) in [5, 5.41) is 12.3. The number of para-hydroxylation sites is 2. The molecule has 36 heavy (non-hydrogen) atoms. The van der Waals surface area contributed by atoms with Crippen LogP contribution in [-0.4, -0.2) is 28.4 Å². The molecule has 0 spiro atoms. The zero-order valence-electron chi connectivity index (χ0n) is 20.5. The number of aliphatic hydroxyl groups excluding tert-OH is 1. The molecule has 1 aliphatic rings. The Morgan fingerprint density at radius 3 is 2.42 bits per heavy atom. The Balaban J connectivity index is 1.67. The predicted octanol–water partition coefficient (Wildman–Crippen LogP) is 6.14. The summed E-state index contributed by atoms with van der Waals surface area (Å²) in [6.45, 7) is 6.61. The molecule has 3 aromatic carbocycles. The number of aromatic amines is 1. The van der Waals surface area contributed by atoms with Crippen molar-refractivity contribution >= 4 is 34.0 Å². The van der Waals surface area contributed by atoms with E-state index < -0.39 is 17.7 Å². The molecule has 1 unspecified atom stereocenters. The van der Waals surface area contributed by atoms with Crippen molar-refractivity contribution in [3.63, 3.8) is 0 Å². The van der Waals surface area contributed by atoms with Crippen molar-refractivity contribution in [2.75, 3.05) is 11.5 Å². The summed E-state index contributed by atoms with van der Waals surface area (Å²) >= 11 is 0. The first-order chi connectivity index (χ1) is 17.4. The predicted molar refractivity (Wildman–Crippen MR) is 141 cm³/mol. The molecule has 2 N–H and O–H groups in total. The summed E-state index contributed by atoms with van der Waals surface area (Å²) in [4.78, 5) is 31.6. The van der Waals surface area contributed by atoms with E-state index in [0.29, 0.717) is 29.5 Å². The van der Waals surface area contributed by atoms with Gasteiger partial charge in [-0.2, -0.15) is 0 Å². The van der Waals surface area contributed by atoms with Gasteiger partial charge in [0.25, 0.3) is 11.7 Å². The first kappa shape index (κ1) is 23.4. The molecule has 1 saturated heterocycles. The van der Waals surface area contributed by atoms with E-state index in [4.69, 9.17) is 4.74 Å². The molecule has 1 aliphatic heterocycles. The lowest BCUT2D eigenvalue weighted by molar-refractivity contribution is -0.132. The van der Waals surface area contributed by atoms with Gasteiger partial charge in [0.2, 0.25) is 0 Å². The maximum Gasteiger partial charge on any atom is 0.300 e. The number of carbonyl (C=O) groups is 2. The lowest BCUT2D eigenvalue weighted by atomic mass is 9.94. The van der Waals surface area contributed by atoms with Gasteiger partial charge in [-0.15, -0.1) is 0 Å². The van der Waals surface area contributed by atoms with Crippen molar-refractivity contribution in [2.24, 2.45) is 5.92 Å². The quantitative estimate of drug-likeness (QED) is 0.197. The van der Waals surface area contributed by atoms with Crippen LogP contribution in [0.25, 0.3) is 16.7 Å². The van der Waals surface area contributed by atoms with Crippen LogP contribution >= 0.6 is 0 Å². The number of fused-ring (bicyclic) bond motifs is 1. The van der Waals surface area contributed by atoms with Gasteiger partial charge in [0, 0.05) is 33.9 Å². The standard InChI is InChI=1S/C30H28N2O4/c1-18(2)17-36-21-14-12-20(13-15-21)28(33)26-27(23-16-31-24-10-6-5-9-22(23)24)32(30(35)29(26)34)25-11-7-4-8-19(25)3/h4-16,18,27,31,33H,17H2,1-3H3/b28-26+. The zero-order valence-corrected chi connectivity index (χ0v) is 20.5. The summed E-state index contributed by atoms with van der Waals surface area (Å²) in [6, 6.07) is 21.3. The summed E-state index contributed by atoms with van der Waals surface area (Å²) in [7, 11) is 0. The third-order valence-corrected chi connectivity index (χ3v) is 6.45. The van der Waals surface area contributed by atoms with E-state index in [9.17, 15) is 14.7 Å². The van der Waals surface area contributed by atoms with Crippen LogP contribution in [0, 0.1) is 12.8 Å².